The number of nitrogens with one attached hydrogen (secondary N) is 1. The molecular weight excluding hydrogens is 326 g/mol. The van der Waals surface area contributed by atoms with Crippen molar-refractivity contribution < 1.29 is 13.2 Å². The van der Waals surface area contributed by atoms with Crippen LogP contribution in [0.25, 0.3) is 0 Å². The molecule has 1 amide bonds. The maximum atomic E-state index is 12.8. The van der Waals surface area contributed by atoms with Crippen molar-refractivity contribution in [1.29, 1.82) is 0 Å². The second-order valence-electron chi connectivity index (χ2n) is 6.91. The van der Waals surface area contributed by atoms with Gasteiger partial charge in [0.15, 0.2) is 0 Å². The highest BCUT2D eigenvalue weighted by molar-refractivity contribution is 7.89. The molecule has 0 spiro atoms. The monoisotopic (exact) mass is 351 g/mol. The quantitative estimate of drug-likeness (QED) is 0.849. The first-order valence-corrected chi connectivity index (χ1v) is 10.1. The molecule has 6 nitrogen and oxygen atoms in total. The van der Waals surface area contributed by atoms with E-state index in [0.29, 0.717) is 5.92 Å². The van der Waals surface area contributed by atoms with Crippen molar-refractivity contribution in [2.45, 2.75) is 62.4 Å². The minimum atomic E-state index is -3.68. The number of pyridine rings is 1. The Kier molecular flexibility index (Phi) is 5.20. The third-order valence-electron chi connectivity index (χ3n) is 4.95. The van der Waals surface area contributed by atoms with Gasteiger partial charge < -0.3 is 5.32 Å². The molecule has 2 aliphatic rings. The van der Waals surface area contributed by atoms with Gasteiger partial charge in [-0.3, -0.25) is 9.78 Å². The summed E-state index contributed by atoms with van der Waals surface area (Å²) in [5.74, 6) is 0.250. The van der Waals surface area contributed by atoms with Gasteiger partial charge in [-0.05, 0) is 43.7 Å². The summed E-state index contributed by atoms with van der Waals surface area (Å²) in [7, 11) is -3.68. The van der Waals surface area contributed by atoms with Crippen LogP contribution < -0.4 is 5.32 Å². The van der Waals surface area contributed by atoms with E-state index < -0.39 is 10.0 Å². The van der Waals surface area contributed by atoms with Crippen LogP contribution in [0.15, 0.2) is 29.4 Å². The van der Waals surface area contributed by atoms with Crippen LogP contribution in [0.4, 0.5) is 0 Å². The van der Waals surface area contributed by atoms with Crippen molar-refractivity contribution in [3.8, 4) is 0 Å². The number of carbonyl (C=O) groups excluding carboxylic acids is 1. The first-order valence-electron chi connectivity index (χ1n) is 8.69. The van der Waals surface area contributed by atoms with Crippen LogP contribution >= 0.6 is 0 Å². The Hall–Kier alpha value is -1.47. The lowest BCUT2D eigenvalue weighted by Crippen LogP contribution is -2.47. The van der Waals surface area contributed by atoms with Crippen LogP contribution in [0.3, 0.4) is 0 Å². The number of rotatable bonds is 6. The zero-order chi connectivity index (χ0) is 17.2. The van der Waals surface area contributed by atoms with E-state index in [9.17, 15) is 13.2 Å². The van der Waals surface area contributed by atoms with E-state index in [2.05, 4.69) is 17.2 Å². The zero-order valence-electron chi connectivity index (χ0n) is 14.0. The Balaban J connectivity index is 1.69. The molecule has 0 aromatic carbocycles. The van der Waals surface area contributed by atoms with Gasteiger partial charge in [0.05, 0.1) is 6.54 Å². The van der Waals surface area contributed by atoms with Crippen molar-refractivity contribution >= 4 is 15.9 Å². The van der Waals surface area contributed by atoms with Gasteiger partial charge in [-0.25, -0.2) is 8.42 Å². The van der Waals surface area contributed by atoms with E-state index in [-0.39, 0.29) is 29.4 Å². The Bertz CT molecular complexity index is 674. The number of hydrogen-bond donors (Lipinski definition) is 1. The fourth-order valence-electron chi connectivity index (χ4n) is 3.33. The van der Waals surface area contributed by atoms with E-state index >= 15 is 0 Å². The fraction of sp³-hybridized carbons (Fsp3) is 0.647. The summed E-state index contributed by atoms with van der Waals surface area (Å²) in [5.41, 5.74) is 0. The highest BCUT2D eigenvalue weighted by Gasteiger charge is 2.39. The normalized spacial score (nSPS) is 24.8. The van der Waals surface area contributed by atoms with Crippen LogP contribution in [-0.4, -0.2) is 42.2 Å². The number of nitrogens with zero attached hydrogens (tertiary/aromatic N) is 2. The molecule has 0 bridgehead atoms. The van der Waals surface area contributed by atoms with Crippen LogP contribution in [0.2, 0.25) is 0 Å². The first kappa shape index (κ1) is 17.4. The average Bonchev–Trinajstić information content (AvgIpc) is 3.40. The molecule has 2 saturated carbocycles. The molecule has 2 atom stereocenters. The van der Waals surface area contributed by atoms with Crippen LogP contribution in [0, 0.1) is 5.92 Å². The van der Waals surface area contributed by atoms with Crippen molar-refractivity contribution in [3.05, 3.63) is 24.5 Å². The Morgan fingerprint density at radius 3 is 2.67 bits per heavy atom. The molecule has 2 aliphatic carbocycles. The Labute approximate surface area is 143 Å². The second kappa shape index (κ2) is 7.19. The molecule has 1 aromatic heterocycles. The summed E-state index contributed by atoms with van der Waals surface area (Å²) in [6.45, 7) is 2.04. The summed E-state index contributed by atoms with van der Waals surface area (Å²) in [6.07, 6.45) is 8.92. The molecule has 1 N–H and O–H groups in total. The second-order valence-corrected chi connectivity index (χ2v) is 8.80. The van der Waals surface area contributed by atoms with E-state index in [0.717, 1.165) is 32.1 Å². The molecule has 2 fully saturated rings. The molecule has 0 unspecified atom stereocenters. The SMILES string of the molecule is C[C@@H]1CCCC[C@H]1NC(=O)CN(C1CC1)S(=O)(=O)c1cccnc1. The maximum Gasteiger partial charge on any atom is 0.245 e. The zero-order valence-corrected chi connectivity index (χ0v) is 14.8. The van der Waals surface area contributed by atoms with Gasteiger partial charge in [0.1, 0.15) is 4.90 Å². The van der Waals surface area contributed by atoms with Crippen molar-refractivity contribution in [3.63, 3.8) is 0 Å². The molecule has 1 heterocycles. The standard InChI is InChI=1S/C17H25N3O3S/c1-13-5-2-3-7-16(13)19-17(21)12-20(14-8-9-14)24(22,23)15-6-4-10-18-11-15/h4,6,10-11,13-14,16H,2-3,5,7-9,12H2,1H3,(H,19,21)/t13-,16-/m1/s1. The molecule has 7 heteroatoms. The van der Waals surface area contributed by atoms with E-state index in [1.54, 1.807) is 6.07 Å². The first-order chi connectivity index (χ1) is 11.5. The lowest BCUT2D eigenvalue weighted by Gasteiger charge is -2.30. The molecule has 132 valence electrons. The highest BCUT2D eigenvalue weighted by atomic mass is 32.2. The predicted molar refractivity (Wildman–Crippen MR) is 90.7 cm³/mol. The number of hydrogen-bond acceptors (Lipinski definition) is 4. The van der Waals surface area contributed by atoms with Gasteiger partial charge in [-0.2, -0.15) is 4.31 Å². The fourth-order valence-corrected chi connectivity index (χ4v) is 4.94. The Morgan fingerprint density at radius 2 is 2.04 bits per heavy atom. The molecule has 0 saturated heterocycles. The smallest absolute Gasteiger partial charge is 0.245 e. The lowest BCUT2D eigenvalue weighted by molar-refractivity contribution is -0.122. The van der Waals surface area contributed by atoms with Crippen molar-refractivity contribution in [1.82, 2.24) is 14.6 Å². The van der Waals surface area contributed by atoms with Crippen LogP contribution in [-0.2, 0) is 14.8 Å². The largest absolute Gasteiger partial charge is 0.352 e. The number of amides is 1. The molecule has 1 aromatic rings. The molecule has 0 radical (unpaired) electrons. The number of aromatic nitrogens is 1. The average molecular weight is 351 g/mol. The minimum absolute atomic E-state index is 0.0651. The number of carbonyl (C=O) groups is 1. The molecular formula is C17H25N3O3S. The van der Waals surface area contributed by atoms with Gasteiger partial charge in [-0.1, -0.05) is 19.8 Å². The van der Waals surface area contributed by atoms with Gasteiger partial charge in [0.2, 0.25) is 15.9 Å². The Morgan fingerprint density at radius 1 is 1.29 bits per heavy atom. The van der Waals surface area contributed by atoms with Crippen molar-refractivity contribution in [2.24, 2.45) is 5.92 Å². The van der Waals surface area contributed by atoms with Crippen LogP contribution in [0.1, 0.15) is 45.4 Å². The number of sulfonamides is 1. The molecule has 0 aliphatic heterocycles. The summed E-state index contributed by atoms with van der Waals surface area (Å²) >= 11 is 0. The van der Waals surface area contributed by atoms with Gasteiger partial charge >= 0.3 is 0 Å². The third-order valence-corrected chi connectivity index (χ3v) is 6.83. The molecule has 3 rings (SSSR count). The van der Waals surface area contributed by atoms with Gasteiger partial charge in [-0.15, -0.1) is 0 Å². The van der Waals surface area contributed by atoms with E-state index in [1.807, 2.05) is 0 Å². The van der Waals surface area contributed by atoms with E-state index in [4.69, 9.17) is 0 Å². The topological polar surface area (TPSA) is 79.4 Å². The summed E-state index contributed by atoms with van der Waals surface area (Å²) < 4.78 is 27.0. The van der Waals surface area contributed by atoms with Crippen LogP contribution in [0.5, 0.6) is 0 Å². The van der Waals surface area contributed by atoms with E-state index in [1.165, 1.54) is 29.2 Å². The summed E-state index contributed by atoms with van der Waals surface area (Å²) in [4.78, 5) is 16.5. The van der Waals surface area contributed by atoms with Crippen molar-refractivity contribution in [2.75, 3.05) is 6.54 Å². The molecule has 24 heavy (non-hydrogen) atoms. The third kappa shape index (κ3) is 3.95. The highest BCUT2D eigenvalue weighted by Crippen LogP contribution is 2.31. The lowest BCUT2D eigenvalue weighted by atomic mass is 9.86. The summed E-state index contributed by atoms with van der Waals surface area (Å²) in [6, 6.07) is 3.22. The van der Waals surface area contributed by atoms with Gasteiger partial charge in [0.25, 0.3) is 0 Å². The summed E-state index contributed by atoms with van der Waals surface area (Å²) in [5, 5.41) is 3.04. The van der Waals surface area contributed by atoms with Gasteiger partial charge in [0, 0.05) is 24.5 Å². The predicted octanol–water partition coefficient (Wildman–Crippen LogP) is 1.93. The maximum absolute atomic E-state index is 12.8. The minimum Gasteiger partial charge on any atom is -0.352 e.